The first-order chi connectivity index (χ1) is 10.7. The summed E-state index contributed by atoms with van der Waals surface area (Å²) in [6, 6.07) is 6.25. The van der Waals surface area contributed by atoms with E-state index in [0.29, 0.717) is 6.61 Å². The molecule has 3 rings (SSSR count). The number of benzene rings is 1. The molecule has 0 aliphatic carbocycles. The van der Waals surface area contributed by atoms with Crippen molar-refractivity contribution < 1.29 is 4.74 Å². The van der Waals surface area contributed by atoms with Gasteiger partial charge >= 0.3 is 0 Å². The van der Waals surface area contributed by atoms with Gasteiger partial charge in [-0.15, -0.1) is 0 Å². The van der Waals surface area contributed by atoms with Crippen molar-refractivity contribution >= 4 is 37.9 Å². The van der Waals surface area contributed by atoms with Crippen LogP contribution in [0.25, 0.3) is 21.9 Å². The summed E-state index contributed by atoms with van der Waals surface area (Å²) in [4.78, 5) is 10.7. The summed E-state index contributed by atoms with van der Waals surface area (Å²) in [5.74, 6) is 3.06. The average Bonchev–Trinajstić information content (AvgIpc) is 2.89. The zero-order valence-corrected chi connectivity index (χ0v) is 14.4. The average molecular weight is 357 g/mol. The van der Waals surface area contributed by atoms with Crippen LogP contribution >= 0.6 is 15.9 Å². The van der Waals surface area contributed by atoms with Crippen molar-refractivity contribution in [3.8, 4) is 10.8 Å². The quantitative estimate of drug-likeness (QED) is 0.682. The Morgan fingerprint density at radius 3 is 2.91 bits per heavy atom. The summed E-state index contributed by atoms with van der Waals surface area (Å²) in [6.45, 7) is 6.88. The number of ether oxygens (including phenoxy) is 1. The molecule has 1 atom stereocenters. The van der Waals surface area contributed by atoms with E-state index in [0.717, 1.165) is 27.7 Å². The molecular weight excluding hydrogens is 340 g/mol. The number of nitrogens with one attached hydrogen (secondary N) is 1. The highest BCUT2D eigenvalue weighted by molar-refractivity contribution is 9.12. The number of aromatic amines is 1. The van der Waals surface area contributed by atoms with E-state index in [1.807, 2.05) is 13.1 Å². The topological polar surface area (TPSA) is 37.9 Å². The molecule has 1 unspecified atom stereocenters. The minimum atomic E-state index is 0.0398. The van der Waals surface area contributed by atoms with Gasteiger partial charge in [0.2, 0.25) is 0 Å². The van der Waals surface area contributed by atoms with Gasteiger partial charge in [-0.2, -0.15) is 0 Å². The number of hydrogen-bond acceptors (Lipinski definition) is 2. The van der Waals surface area contributed by atoms with Crippen LogP contribution in [0.2, 0.25) is 0 Å². The van der Waals surface area contributed by atoms with Crippen LogP contribution in [-0.2, 0) is 4.74 Å². The maximum Gasteiger partial charge on any atom is 0.138 e. The summed E-state index contributed by atoms with van der Waals surface area (Å²) < 4.78 is 5.80. The number of nitrogens with zero attached hydrogens (tertiary/aromatic N) is 1. The predicted octanol–water partition coefficient (Wildman–Crippen LogP) is 4.83. The largest absolute Gasteiger partial charge is 0.374 e. The summed E-state index contributed by atoms with van der Waals surface area (Å²) in [7, 11) is 0. The van der Waals surface area contributed by atoms with E-state index >= 15 is 0 Å². The molecule has 0 spiro atoms. The smallest absolute Gasteiger partial charge is 0.138 e. The lowest BCUT2D eigenvalue weighted by molar-refractivity contribution is 0.0774. The Balaban J connectivity index is 2.38. The summed E-state index contributed by atoms with van der Waals surface area (Å²) in [5.41, 5.74) is 5.23. The second kappa shape index (κ2) is 6.12. The monoisotopic (exact) mass is 356 g/mol. The number of rotatable bonds is 3. The lowest BCUT2D eigenvalue weighted by Crippen LogP contribution is -2.00. The van der Waals surface area contributed by atoms with Gasteiger partial charge in [-0.25, -0.2) is 4.98 Å². The lowest BCUT2D eigenvalue weighted by Gasteiger charge is -2.14. The number of fused-ring (bicyclic) bond motifs is 3. The van der Waals surface area contributed by atoms with Crippen molar-refractivity contribution in [2.75, 3.05) is 6.61 Å². The van der Waals surface area contributed by atoms with Gasteiger partial charge in [0, 0.05) is 50.6 Å². The van der Waals surface area contributed by atoms with Gasteiger partial charge in [-0.3, -0.25) is 0 Å². The molecule has 112 valence electrons. The zero-order chi connectivity index (χ0) is 15.7. The van der Waals surface area contributed by atoms with Crippen molar-refractivity contribution in [1.82, 2.24) is 9.97 Å². The molecule has 0 fully saturated rings. The SMILES string of the molecule is CCOC(C)c1cccc2[nH]c3ncc(C#CBr)c(C)c3c12. The second-order valence-electron chi connectivity index (χ2n) is 5.23. The van der Waals surface area contributed by atoms with E-state index in [4.69, 9.17) is 4.74 Å². The van der Waals surface area contributed by atoms with Gasteiger partial charge in [0.05, 0.1) is 6.10 Å². The van der Waals surface area contributed by atoms with Gasteiger partial charge in [-0.1, -0.05) is 18.1 Å². The molecule has 0 amide bonds. The highest BCUT2D eigenvalue weighted by Gasteiger charge is 2.16. The van der Waals surface area contributed by atoms with Crippen molar-refractivity contribution in [3.63, 3.8) is 0 Å². The molecule has 3 nitrogen and oxygen atoms in total. The van der Waals surface area contributed by atoms with Gasteiger partial charge in [0.25, 0.3) is 0 Å². The van der Waals surface area contributed by atoms with Crippen LogP contribution < -0.4 is 0 Å². The molecule has 0 aliphatic rings. The van der Waals surface area contributed by atoms with Crippen LogP contribution in [0.15, 0.2) is 24.4 Å². The molecule has 0 saturated heterocycles. The zero-order valence-electron chi connectivity index (χ0n) is 12.8. The molecule has 22 heavy (non-hydrogen) atoms. The fraction of sp³-hybridized carbons (Fsp3) is 0.278. The minimum absolute atomic E-state index is 0.0398. The Labute approximate surface area is 138 Å². The number of H-pyrrole nitrogens is 1. The molecule has 1 aromatic carbocycles. The first-order valence-corrected chi connectivity index (χ1v) is 8.09. The molecule has 0 bridgehead atoms. The number of aryl methyl sites for hydroxylation is 1. The van der Waals surface area contributed by atoms with Gasteiger partial charge in [-0.05, 0) is 42.8 Å². The molecule has 0 aliphatic heterocycles. The molecular formula is C18H17BrN2O. The number of aromatic nitrogens is 2. The van der Waals surface area contributed by atoms with E-state index in [9.17, 15) is 0 Å². The molecule has 2 aromatic heterocycles. The fourth-order valence-electron chi connectivity index (χ4n) is 2.94. The number of halogens is 1. The third-order valence-corrected chi connectivity index (χ3v) is 4.17. The highest BCUT2D eigenvalue weighted by Crippen LogP contribution is 2.34. The standard InChI is InChI=1S/C18H17BrN2O/c1-4-22-12(3)14-6-5-7-15-17(14)16-11(2)13(8-9-19)10-20-18(16)21-15/h5-7,10,12H,4H2,1-3H3,(H,20,21). The van der Waals surface area contributed by atoms with Gasteiger partial charge in [0.1, 0.15) is 5.65 Å². The van der Waals surface area contributed by atoms with Crippen LogP contribution in [-0.4, -0.2) is 16.6 Å². The van der Waals surface area contributed by atoms with Crippen LogP contribution in [0.4, 0.5) is 0 Å². The first-order valence-electron chi connectivity index (χ1n) is 7.30. The fourth-order valence-corrected chi connectivity index (χ4v) is 3.15. The summed E-state index contributed by atoms with van der Waals surface area (Å²) >= 11 is 3.17. The number of pyridine rings is 1. The van der Waals surface area contributed by atoms with Crippen molar-refractivity contribution in [1.29, 1.82) is 0 Å². The number of hydrogen-bond donors (Lipinski definition) is 1. The van der Waals surface area contributed by atoms with Crippen LogP contribution in [0.3, 0.4) is 0 Å². The molecule has 0 saturated carbocycles. The molecule has 0 radical (unpaired) electrons. The Kier molecular flexibility index (Phi) is 4.19. The van der Waals surface area contributed by atoms with Crippen LogP contribution in [0.1, 0.15) is 36.6 Å². The van der Waals surface area contributed by atoms with Gasteiger partial charge < -0.3 is 9.72 Å². The Morgan fingerprint density at radius 2 is 2.18 bits per heavy atom. The predicted molar refractivity (Wildman–Crippen MR) is 94.2 cm³/mol. The first kappa shape index (κ1) is 15.1. The maximum absolute atomic E-state index is 5.80. The van der Waals surface area contributed by atoms with E-state index in [1.54, 1.807) is 0 Å². The Hall–Kier alpha value is -1.83. The minimum Gasteiger partial charge on any atom is -0.374 e. The van der Waals surface area contributed by atoms with E-state index in [-0.39, 0.29) is 6.10 Å². The van der Waals surface area contributed by atoms with Crippen molar-refractivity contribution in [3.05, 3.63) is 41.1 Å². The Morgan fingerprint density at radius 1 is 1.36 bits per heavy atom. The lowest BCUT2D eigenvalue weighted by atomic mass is 9.99. The third kappa shape index (κ3) is 2.41. The van der Waals surface area contributed by atoms with E-state index < -0.39 is 0 Å². The van der Waals surface area contributed by atoms with Gasteiger partial charge in [0.15, 0.2) is 0 Å². The summed E-state index contributed by atoms with van der Waals surface area (Å²) in [5, 5.41) is 2.31. The van der Waals surface area contributed by atoms with Crippen molar-refractivity contribution in [2.45, 2.75) is 26.9 Å². The van der Waals surface area contributed by atoms with E-state index in [2.05, 4.69) is 68.7 Å². The molecule has 2 heterocycles. The van der Waals surface area contributed by atoms with Crippen LogP contribution in [0, 0.1) is 17.7 Å². The molecule has 4 heteroatoms. The van der Waals surface area contributed by atoms with Crippen LogP contribution in [0.5, 0.6) is 0 Å². The molecule has 3 aromatic rings. The highest BCUT2D eigenvalue weighted by atomic mass is 79.9. The molecule has 1 N–H and O–H groups in total. The third-order valence-electron chi connectivity index (χ3n) is 3.97. The van der Waals surface area contributed by atoms with Crippen molar-refractivity contribution in [2.24, 2.45) is 0 Å². The normalized spacial score (nSPS) is 12.4. The summed E-state index contributed by atoms with van der Waals surface area (Å²) in [6.07, 6.45) is 1.85. The second-order valence-corrected chi connectivity index (χ2v) is 5.63. The maximum atomic E-state index is 5.80. The Bertz CT molecular complexity index is 902. The van der Waals surface area contributed by atoms with E-state index in [1.165, 1.54) is 10.9 Å².